The molecule has 11 heteroatoms. The largest absolute Gasteiger partial charge is 0.456 e. The number of hydrogen-bond donors (Lipinski definition) is 1. The van der Waals surface area contributed by atoms with Crippen LogP contribution in [0.3, 0.4) is 0 Å². The molecule has 1 fully saturated rings. The molecule has 0 bridgehead atoms. The van der Waals surface area contributed by atoms with Crippen molar-refractivity contribution in [3.8, 4) is 11.5 Å². The molecule has 1 N–H and O–H groups in total. The van der Waals surface area contributed by atoms with Crippen molar-refractivity contribution in [1.82, 2.24) is 4.90 Å². The van der Waals surface area contributed by atoms with Gasteiger partial charge in [0.2, 0.25) is 0 Å². The average Bonchev–Trinajstić information content (AvgIpc) is 3.35. The van der Waals surface area contributed by atoms with E-state index in [1.807, 2.05) is 0 Å². The summed E-state index contributed by atoms with van der Waals surface area (Å²) in [5, 5.41) is 2.51. The zero-order valence-corrected chi connectivity index (χ0v) is 22.9. The molecule has 1 aliphatic heterocycles. The standard InChI is InChI=1S/C30H29F5N2O4/c1-17-14-19(31)8-12-25(17)40-26-11-7-18(30(33,34)35)15-22(26)27(38)36-20-9-10-23(32)21(16-20)24-6-5-13-37(24)28(39)41-29(2,3)4/h7-12,14-16,24H,5-6,13H2,1-4H3,(H,36,38). The monoisotopic (exact) mass is 576 g/mol. The Morgan fingerprint density at radius 1 is 0.951 bits per heavy atom. The Kier molecular flexibility index (Phi) is 8.28. The van der Waals surface area contributed by atoms with Crippen LogP contribution >= 0.6 is 0 Å². The van der Waals surface area contributed by atoms with E-state index in [9.17, 15) is 31.5 Å². The molecule has 1 heterocycles. The van der Waals surface area contributed by atoms with Gasteiger partial charge in [0.1, 0.15) is 28.7 Å². The Bertz CT molecular complexity index is 1470. The molecular formula is C30H29F5N2O4. The van der Waals surface area contributed by atoms with Crippen molar-refractivity contribution < 1.29 is 41.0 Å². The molecule has 0 spiro atoms. The molecule has 1 aliphatic rings. The molecule has 0 saturated carbocycles. The lowest BCUT2D eigenvalue weighted by Crippen LogP contribution is -2.36. The fraction of sp³-hybridized carbons (Fsp3) is 0.333. The fourth-order valence-corrected chi connectivity index (χ4v) is 4.52. The molecule has 41 heavy (non-hydrogen) atoms. The summed E-state index contributed by atoms with van der Waals surface area (Å²) in [4.78, 5) is 27.4. The van der Waals surface area contributed by atoms with Gasteiger partial charge in [0.05, 0.1) is 17.2 Å². The van der Waals surface area contributed by atoms with Gasteiger partial charge in [-0.3, -0.25) is 4.79 Å². The molecule has 1 atom stereocenters. The van der Waals surface area contributed by atoms with Gasteiger partial charge in [-0.15, -0.1) is 0 Å². The number of aryl methyl sites for hydroxylation is 1. The molecule has 1 saturated heterocycles. The van der Waals surface area contributed by atoms with Crippen LogP contribution in [0.2, 0.25) is 0 Å². The number of halogens is 5. The van der Waals surface area contributed by atoms with Gasteiger partial charge < -0.3 is 19.7 Å². The molecule has 0 aromatic heterocycles. The molecule has 3 aromatic rings. The third-order valence-corrected chi connectivity index (χ3v) is 6.40. The summed E-state index contributed by atoms with van der Waals surface area (Å²) >= 11 is 0. The molecule has 1 unspecified atom stereocenters. The van der Waals surface area contributed by atoms with Gasteiger partial charge in [0.25, 0.3) is 5.91 Å². The van der Waals surface area contributed by atoms with Crippen molar-refractivity contribution in [2.75, 3.05) is 11.9 Å². The maximum absolute atomic E-state index is 15.0. The van der Waals surface area contributed by atoms with Gasteiger partial charge in [0.15, 0.2) is 0 Å². The summed E-state index contributed by atoms with van der Waals surface area (Å²) in [6.07, 6.45) is -4.28. The fourth-order valence-electron chi connectivity index (χ4n) is 4.52. The SMILES string of the molecule is Cc1cc(F)ccc1Oc1ccc(C(F)(F)F)cc1C(=O)Nc1ccc(F)c(C2CCCN2C(=O)OC(C)(C)C)c1. The average molecular weight is 577 g/mol. The number of amides is 2. The zero-order valence-electron chi connectivity index (χ0n) is 22.9. The van der Waals surface area contributed by atoms with E-state index in [0.29, 0.717) is 31.0 Å². The number of anilines is 1. The molecular weight excluding hydrogens is 547 g/mol. The quantitative estimate of drug-likeness (QED) is 0.310. The second-order valence-electron chi connectivity index (χ2n) is 10.7. The Labute approximate surface area is 234 Å². The van der Waals surface area contributed by atoms with E-state index in [1.165, 1.54) is 29.2 Å². The highest BCUT2D eigenvalue weighted by atomic mass is 19.4. The first kappa shape index (κ1) is 29.8. The number of alkyl halides is 3. The minimum Gasteiger partial charge on any atom is -0.456 e. The summed E-state index contributed by atoms with van der Waals surface area (Å²) in [6, 6.07) is 9.10. The number of benzene rings is 3. The van der Waals surface area contributed by atoms with Crippen molar-refractivity contribution in [3.05, 3.63) is 88.5 Å². The molecule has 3 aromatic carbocycles. The van der Waals surface area contributed by atoms with E-state index >= 15 is 0 Å². The summed E-state index contributed by atoms with van der Waals surface area (Å²) in [6.45, 7) is 7.05. The minimum atomic E-state index is -4.74. The summed E-state index contributed by atoms with van der Waals surface area (Å²) in [7, 11) is 0. The number of nitrogens with zero attached hydrogens (tertiary/aromatic N) is 1. The lowest BCUT2D eigenvalue weighted by molar-refractivity contribution is -0.137. The summed E-state index contributed by atoms with van der Waals surface area (Å²) < 4.78 is 80.2. The second kappa shape index (κ2) is 11.4. The van der Waals surface area contributed by atoms with Gasteiger partial charge in [0, 0.05) is 17.8 Å². The van der Waals surface area contributed by atoms with Gasteiger partial charge in [-0.1, -0.05) is 0 Å². The highest BCUT2D eigenvalue weighted by molar-refractivity contribution is 6.06. The van der Waals surface area contributed by atoms with Gasteiger partial charge in [-0.05, 0) is 101 Å². The number of rotatable bonds is 5. The zero-order chi connectivity index (χ0) is 30.1. The maximum atomic E-state index is 15.0. The Hall–Kier alpha value is -4.15. The lowest BCUT2D eigenvalue weighted by Gasteiger charge is -2.29. The van der Waals surface area contributed by atoms with Gasteiger partial charge in [-0.2, -0.15) is 13.2 Å². The molecule has 2 amide bonds. The highest BCUT2D eigenvalue weighted by Crippen LogP contribution is 2.37. The van der Waals surface area contributed by atoms with Crippen LogP contribution in [-0.4, -0.2) is 29.0 Å². The van der Waals surface area contributed by atoms with Crippen molar-refractivity contribution in [2.24, 2.45) is 0 Å². The van der Waals surface area contributed by atoms with Gasteiger partial charge in [-0.25, -0.2) is 13.6 Å². The van der Waals surface area contributed by atoms with Crippen LogP contribution in [0.1, 0.15) is 66.7 Å². The molecule has 0 radical (unpaired) electrons. The van der Waals surface area contributed by atoms with E-state index in [0.717, 1.165) is 24.3 Å². The number of nitrogens with one attached hydrogen (secondary N) is 1. The predicted molar refractivity (Wildman–Crippen MR) is 142 cm³/mol. The van der Waals surface area contributed by atoms with Crippen molar-refractivity contribution in [3.63, 3.8) is 0 Å². The molecule has 4 rings (SSSR count). The normalized spacial score (nSPS) is 15.5. The number of carbonyl (C=O) groups is 2. The van der Waals surface area contributed by atoms with Crippen LogP contribution in [0.25, 0.3) is 0 Å². The van der Waals surface area contributed by atoms with Crippen LogP contribution in [0.5, 0.6) is 11.5 Å². The molecule has 0 aliphatic carbocycles. The summed E-state index contributed by atoms with van der Waals surface area (Å²) in [5.41, 5.74) is -1.67. The van der Waals surface area contributed by atoms with E-state index in [-0.39, 0.29) is 22.7 Å². The third kappa shape index (κ3) is 7.14. The Morgan fingerprint density at radius 3 is 2.32 bits per heavy atom. The lowest BCUT2D eigenvalue weighted by atomic mass is 10.0. The first-order chi connectivity index (χ1) is 19.1. The first-order valence-electron chi connectivity index (χ1n) is 12.9. The highest BCUT2D eigenvalue weighted by Gasteiger charge is 2.35. The topological polar surface area (TPSA) is 67.9 Å². The summed E-state index contributed by atoms with van der Waals surface area (Å²) in [5.74, 6) is -2.13. The van der Waals surface area contributed by atoms with Crippen LogP contribution in [0.15, 0.2) is 54.6 Å². The van der Waals surface area contributed by atoms with E-state index in [4.69, 9.17) is 9.47 Å². The Morgan fingerprint density at radius 2 is 1.66 bits per heavy atom. The number of ether oxygens (including phenoxy) is 2. The van der Waals surface area contributed by atoms with Crippen molar-refractivity contribution >= 4 is 17.7 Å². The smallest absolute Gasteiger partial charge is 0.416 e. The first-order valence-corrected chi connectivity index (χ1v) is 12.9. The minimum absolute atomic E-state index is 0.101. The van der Waals surface area contributed by atoms with E-state index in [1.54, 1.807) is 27.7 Å². The van der Waals surface area contributed by atoms with Crippen molar-refractivity contribution in [2.45, 2.75) is 58.4 Å². The van der Waals surface area contributed by atoms with Crippen LogP contribution in [0, 0.1) is 18.6 Å². The second-order valence-corrected chi connectivity index (χ2v) is 10.7. The third-order valence-electron chi connectivity index (χ3n) is 6.40. The predicted octanol–water partition coefficient (Wildman–Crippen LogP) is 8.41. The Balaban J connectivity index is 1.64. The van der Waals surface area contributed by atoms with Crippen LogP contribution in [-0.2, 0) is 10.9 Å². The van der Waals surface area contributed by atoms with Crippen LogP contribution in [0.4, 0.5) is 32.4 Å². The maximum Gasteiger partial charge on any atom is 0.416 e. The molecule has 6 nitrogen and oxygen atoms in total. The van der Waals surface area contributed by atoms with Crippen molar-refractivity contribution in [1.29, 1.82) is 0 Å². The van der Waals surface area contributed by atoms with E-state index in [2.05, 4.69) is 5.32 Å². The molecule has 218 valence electrons. The number of carbonyl (C=O) groups excluding carboxylic acids is 2. The number of likely N-dealkylation sites (tertiary alicyclic amines) is 1. The van der Waals surface area contributed by atoms with Crippen LogP contribution < -0.4 is 10.1 Å². The van der Waals surface area contributed by atoms with Gasteiger partial charge >= 0.3 is 12.3 Å². The van der Waals surface area contributed by atoms with E-state index < -0.39 is 52.6 Å². The number of hydrogen-bond acceptors (Lipinski definition) is 4.